The van der Waals surface area contributed by atoms with E-state index in [-0.39, 0.29) is 18.4 Å². The molecule has 1 rings (SSSR count). The Morgan fingerprint density at radius 3 is 2.09 bits per heavy atom. The average Bonchev–Trinajstić information content (AvgIpc) is 1.88. The van der Waals surface area contributed by atoms with Crippen molar-refractivity contribution in [2.45, 2.75) is 13.0 Å². The largest absolute Gasteiger partial charge is 0.324 e. The minimum Gasteiger partial charge on any atom is -0.324 e. The molecule has 0 radical (unpaired) electrons. The molecule has 0 aliphatic carbocycles. The summed E-state index contributed by atoms with van der Waals surface area (Å²) >= 11 is 2.28. The zero-order valence-corrected chi connectivity index (χ0v) is 9.22. The summed E-state index contributed by atoms with van der Waals surface area (Å²) in [6, 6.07) is 8.41. The number of halogens is 2. The van der Waals surface area contributed by atoms with Crippen molar-refractivity contribution in [2.75, 3.05) is 0 Å². The van der Waals surface area contributed by atoms with Gasteiger partial charge in [-0.25, -0.2) is 0 Å². The van der Waals surface area contributed by atoms with Gasteiger partial charge in [-0.1, -0.05) is 12.1 Å². The lowest BCUT2D eigenvalue weighted by atomic mass is 10.1. The lowest BCUT2D eigenvalue weighted by Gasteiger charge is -2.03. The van der Waals surface area contributed by atoms with Crippen LogP contribution in [0.4, 0.5) is 0 Å². The van der Waals surface area contributed by atoms with Crippen LogP contribution in [0.1, 0.15) is 18.5 Å². The molecular weight excluding hydrogens is 272 g/mol. The third-order valence-corrected chi connectivity index (χ3v) is 2.11. The van der Waals surface area contributed by atoms with Gasteiger partial charge in [-0.2, -0.15) is 0 Å². The Balaban J connectivity index is 0.000001000. The van der Waals surface area contributed by atoms with Crippen molar-refractivity contribution in [1.82, 2.24) is 0 Å². The van der Waals surface area contributed by atoms with E-state index in [1.54, 1.807) is 0 Å². The summed E-state index contributed by atoms with van der Waals surface area (Å²) in [4.78, 5) is 0. The minimum absolute atomic E-state index is 0. The van der Waals surface area contributed by atoms with Crippen molar-refractivity contribution in [1.29, 1.82) is 0 Å². The summed E-state index contributed by atoms with van der Waals surface area (Å²) in [5, 5.41) is 0. The number of rotatable bonds is 1. The van der Waals surface area contributed by atoms with Crippen molar-refractivity contribution in [3.8, 4) is 0 Å². The molecule has 0 aliphatic heterocycles. The highest BCUT2D eigenvalue weighted by molar-refractivity contribution is 14.1. The van der Waals surface area contributed by atoms with Crippen LogP contribution in [0.2, 0.25) is 0 Å². The average molecular weight is 284 g/mol. The Morgan fingerprint density at radius 1 is 1.27 bits per heavy atom. The zero-order valence-electron chi connectivity index (χ0n) is 6.25. The Morgan fingerprint density at radius 2 is 1.73 bits per heavy atom. The number of hydrogen-bond donors (Lipinski definition) is 1. The predicted molar refractivity (Wildman–Crippen MR) is 59.0 cm³/mol. The highest BCUT2D eigenvalue weighted by Gasteiger charge is 1.96. The maximum atomic E-state index is 5.66. The standard InChI is InChI=1S/C8H10IN.ClH/c1-6(10)7-2-4-8(9)5-3-7;/h2-6H,10H2,1H3;1H. The monoisotopic (exact) mass is 283 g/mol. The Kier molecular flexibility index (Phi) is 5.04. The van der Waals surface area contributed by atoms with E-state index in [0.717, 1.165) is 0 Å². The van der Waals surface area contributed by atoms with Crippen LogP contribution in [0.25, 0.3) is 0 Å². The van der Waals surface area contributed by atoms with Crippen LogP contribution in [0.3, 0.4) is 0 Å². The second-order valence-corrected chi connectivity index (χ2v) is 3.59. The van der Waals surface area contributed by atoms with Crippen LogP contribution >= 0.6 is 35.0 Å². The van der Waals surface area contributed by atoms with Crippen molar-refractivity contribution in [3.63, 3.8) is 0 Å². The molecule has 0 spiro atoms. The Labute approximate surface area is 86.9 Å². The molecule has 1 unspecified atom stereocenters. The predicted octanol–water partition coefficient (Wildman–Crippen LogP) is 2.73. The van der Waals surface area contributed by atoms with Crippen molar-refractivity contribution in [3.05, 3.63) is 33.4 Å². The molecule has 1 nitrogen and oxygen atoms in total. The van der Waals surface area contributed by atoms with Gasteiger partial charge in [-0.05, 0) is 47.2 Å². The van der Waals surface area contributed by atoms with E-state index in [2.05, 4.69) is 46.9 Å². The molecule has 0 saturated carbocycles. The molecule has 0 heterocycles. The molecule has 0 bridgehead atoms. The molecule has 1 aromatic rings. The summed E-state index contributed by atoms with van der Waals surface area (Å²) in [7, 11) is 0. The van der Waals surface area contributed by atoms with Gasteiger partial charge in [0.05, 0.1) is 0 Å². The fourth-order valence-electron chi connectivity index (χ4n) is 0.766. The van der Waals surface area contributed by atoms with Gasteiger partial charge < -0.3 is 5.73 Å². The maximum Gasteiger partial charge on any atom is 0.0266 e. The third kappa shape index (κ3) is 3.40. The van der Waals surface area contributed by atoms with Crippen molar-refractivity contribution >= 4 is 35.0 Å². The van der Waals surface area contributed by atoms with Gasteiger partial charge in [0.1, 0.15) is 0 Å². The Hall–Kier alpha value is 0.200. The van der Waals surface area contributed by atoms with Crippen LogP contribution in [-0.4, -0.2) is 0 Å². The lowest BCUT2D eigenvalue weighted by Crippen LogP contribution is -2.04. The quantitative estimate of drug-likeness (QED) is 0.788. The van der Waals surface area contributed by atoms with Crippen LogP contribution in [0, 0.1) is 3.57 Å². The SMILES string of the molecule is CC(N)c1ccc(I)cc1.Cl. The molecule has 3 heteroatoms. The first kappa shape index (κ1) is 11.2. The van der Waals surface area contributed by atoms with Crippen LogP contribution in [-0.2, 0) is 0 Å². The van der Waals surface area contributed by atoms with E-state index in [1.807, 2.05) is 6.92 Å². The molecule has 11 heavy (non-hydrogen) atoms. The van der Waals surface area contributed by atoms with Crippen LogP contribution < -0.4 is 5.73 Å². The van der Waals surface area contributed by atoms with Gasteiger partial charge in [-0.3, -0.25) is 0 Å². The van der Waals surface area contributed by atoms with Crippen LogP contribution in [0.5, 0.6) is 0 Å². The maximum absolute atomic E-state index is 5.66. The highest BCUT2D eigenvalue weighted by atomic mass is 127. The minimum atomic E-state index is 0. The third-order valence-electron chi connectivity index (χ3n) is 1.40. The molecule has 0 fully saturated rings. The molecule has 0 aromatic heterocycles. The first-order valence-electron chi connectivity index (χ1n) is 3.21. The fourth-order valence-corrected chi connectivity index (χ4v) is 1.13. The summed E-state index contributed by atoms with van der Waals surface area (Å²) in [5.74, 6) is 0. The molecule has 1 atom stereocenters. The van der Waals surface area contributed by atoms with E-state index in [4.69, 9.17) is 5.73 Å². The van der Waals surface area contributed by atoms with E-state index in [0.29, 0.717) is 0 Å². The summed E-state index contributed by atoms with van der Waals surface area (Å²) in [5.41, 5.74) is 6.86. The van der Waals surface area contributed by atoms with E-state index in [9.17, 15) is 0 Å². The molecular formula is C8H11ClIN. The van der Waals surface area contributed by atoms with E-state index < -0.39 is 0 Å². The lowest BCUT2D eigenvalue weighted by molar-refractivity contribution is 0.818. The van der Waals surface area contributed by atoms with Crippen LogP contribution in [0.15, 0.2) is 24.3 Å². The number of benzene rings is 1. The number of hydrogen-bond acceptors (Lipinski definition) is 1. The second kappa shape index (κ2) is 4.95. The first-order valence-corrected chi connectivity index (χ1v) is 4.29. The molecule has 1 aromatic carbocycles. The van der Waals surface area contributed by atoms with Crippen molar-refractivity contribution < 1.29 is 0 Å². The van der Waals surface area contributed by atoms with E-state index in [1.165, 1.54) is 9.13 Å². The summed E-state index contributed by atoms with van der Waals surface area (Å²) < 4.78 is 1.25. The van der Waals surface area contributed by atoms with Gasteiger partial charge in [0.2, 0.25) is 0 Å². The number of nitrogens with two attached hydrogens (primary N) is 1. The summed E-state index contributed by atoms with van der Waals surface area (Å²) in [6.45, 7) is 1.99. The normalized spacial score (nSPS) is 11.9. The van der Waals surface area contributed by atoms with Gasteiger partial charge in [-0.15, -0.1) is 12.4 Å². The van der Waals surface area contributed by atoms with E-state index >= 15 is 0 Å². The molecule has 2 N–H and O–H groups in total. The highest BCUT2D eigenvalue weighted by Crippen LogP contribution is 2.11. The van der Waals surface area contributed by atoms with Crippen molar-refractivity contribution in [2.24, 2.45) is 5.73 Å². The molecule has 62 valence electrons. The summed E-state index contributed by atoms with van der Waals surface area (Å²) in [6.07, 6.45) is 0. The van der Waals surface area contributed by atoms with Gasteiger partial charge in [0.15, 0.2) is 0 Å². The second-order valence-electron chi connectivity index (χ2n) is 2.34. The zero-order chi connectivity index (χ0) is 7.56. The van der Waals surface area contributed by atoms with Gasteiger partial charge in [0, 0.05) is 9.61 Å². The first-order chi connectivity index (χ1) is 4.70. The van der Waals surface area contributed by atoms with Gasteiger partial charge >= 0.3 is 0 Å². The van der Waals surface area contributed by atoms with Gasteiger partial charge in [0.25, 0.3) is 0 Å². The Bertz CT molecular complexity index is 208. The molecule has 0 aliphatic rings. The topological polar surface area (TPSA) is 26.0 Å². The fraction of sp³-hybridized carbons (Fsp3) is 0.250. The molecule has 0 saturated heterocycles. The smallest absolute Gasteiger partial charge is 0.0266 e. The molecule has 0 amide bonds.